The summed E-state index contributed by atoms with van der Waals surface area (Å²) in [5.74, 6) is 0. The van der Waals surface area contributed by atoms with Gasteiger partial charge < -0.3 is 0 Å². The van der Waals surface area contributed by atoms with Crippen molar-refractivity contribution in [2.75, 3.05) is 0 Å². The SMILES string of the molecule is [2H]c1c([2H])c([2H])c2c(-c3cccc4ccccc34)c3c([2H])c([2H])c([2H])c([2H])c3c(-c3ccc(-c4ccc5ccccc5c4)cc3)c2c1[2H].[BH4-]. The molecule has 0 amide bonds. The van der Waals surface area contributed by atoms with Gasteiger partial charge in [0.2, 0.25) is 0 Å². The third-order valence-electron chi connectivity index (χ3n) is 7.69. The second-order valence-corrected chi connectivity index (χ2v) is 9.92. The number of rotatable bonds is 3. The zero-order chi connectivity index (χ0) is 33.4. The Kier molecular flexibility index (Phi) is 4.33. The van der Waals surface area contributed by atoms with E-state index in [1.807, 2.05) is 84.9 Å². The van der Waals surface area contributed by atoms with Crippen LogP contribution in [0.2, 0.25) is 0 Å². The van der Waals surface area contributed by atoms with Crippen LogP contribution < -0.4 is 0 Å². The van der Waals surface area contributed by atoms with Crippen molar-refractivity contribution in [3.63, 3.8) is 0 Å². The van der Waals surface area contributed by atoms with Gasteiger partial charge in [0.15, 0.2) is 0 Å². The van der Waals surface area contributed by atoms with E-state index < -0.39 is 24.2 Å². The molecule has 0 fully saturated rings. The predicted molar refractivity (Wildman–Crippen MR) is 184 cm³/mol. The lowest BCUT2D eigenvalue weighted by atomic mass is 9.84. The maximum atomic E-state index is 9.21. The first-order valence-electron chi connectivity index (χ1n) is 17.2. The Bertz CT molecular complexity index is 2560. The molecule has 0 saturated carbocycles. The van der Waals surface area contributed by atoms with Crippen LogP contribution in [0.25, 0.3) is 76.5 Å². The molecule has 0 aliphatic rings. The zero-order valence-electron chi connectivity index (χ0n) is 29.4. The highest BCUT2D eigenvalue weighted by molar-refractivity contribution is 6.23. The van der Waals surface area contributed by atoms with E-state index in [0.717, 1.165) is 32.7 Å². The molecule has 1 heteroatoms. The largest absolute Gasteiger partial charge is 0.0629 e. The van der Waals surface area contributed by atoms with E-state index in [0.29, 0.717) is 22.3 Å². The minimum atomic E-state index is -0.411. The van der Waals surface area contributed by atoms with Gasteiger partial charge in [0.05, 0.1) is 11.0 Å². The Labute approximate surface area is 253 Å². The molecule has 0 aromatic heterocycles. The zero-order valence-corrected chi connectivity index (χ0v) is 21.4. The lowest BCUT2D eigenvalue weighted by Gasteiger charge is -2.19. The van der Waals surface area contributed by atoms with Crippen molar-refractivity contribution in [1.29, 1.82) is 0 Å². The molecule has 41 heavy (non-hydrogen) atoms. The molecule has 0 atom stereocenters. The first-order valence-corrected chi connectivity index (χ1v) is 13.2. The first kappa shape index (κ1) is 17.5. The maximum absolute atomic E-state index is 9.21. The van der Waals surface area contributed by atoms with Gasteiger partial charge in [-0.25, -0.2) is 0 Å². The summed E-state index contributed by atoms with van der Waals surface area (Å²) in [6, 6.07) is 32.5. The minimum Gasteiger partial charge on any atom is -0.0626 e. The van der Waals surface area contributed by atoms with Gasteiger partial charge in [0.25, 0.3) is 0 Å². The summed E-state index contributed by atoms with van der Waals surface area (Å²) < 4.78 is 71.5. The van der Waals surface area contributed by atoms with Gasteiger partial charge in [0.1, 0.15) is 0 Å². The van der Waals surface area contributed by atoms with Gasteiger partial charge in [-0.05, 0) is 82.5 Å². The van der Waals surface area contributed by atoms with Crippen molar-refractivity contribution in [3.05, 3.63) is 158 Å². The Morgan fingerprint density at radius 3 is 1.56 bits per heavy atom. The third-order valence-corrected chi connectivity index (χ3v) is 7.69. The van der Waals surface area contributed by atoms with E-state index in [4.69, 9.17) is 5.48 Å². The molecular formula is C40H30B-. The quantitative estimate of drug-likeness (QED) is 0.158. The number of hydrogen-bond acceptors (Lipinski definition) is 0. The van der Waals surface area contributed by atoms with Gasteiger partial charge in [-0.15, -0.1) is 0 Å². The van der Waals surface area contributed by atoms with Crippen LogP contribution in [0.4, 0.5) is 0 Å². The monoisotopic (exact) mass is 529 g/mol. The molecule has 0 saturated heterocycles. The Morgan fingerprint density at radius 2 is 0.878 bits per heavy atom. The fourth-order valence-corrected chi connectivity index (χ4v) is 5.82. The highest BCUT2D eigenvalue weighted by Crippen LogP contribution is 2.45. The molecule has 8 rings (SSSR count). The Balaban J connectivity index is 0.00000378. The molecule has 0 unspecified atom stereocenters. The van der Waals surface area contributed by atoms with E-state index in [-0.39, 0.29) is 54.1 Å². The summed E-state index contributed by atoms with van der Waals surface area (Å²) in [6.07, 6.45) is 0. The average Bonchev–Trinajstić information content (AvgIpc) is 3.13. The predicted octanol–water partition coefficient (Wildman–Crippen LogP) is 9.85. The van der Waals surface area contributed by atoms with Crippen LogP contribution in [-0.2, 0) is 0 Å². The second-order valence-electron chi connectivity index (χ2n) is 9.92. The third kappa shape index (κ3) is 4.10. The Morgan fingerprint density at radius 1 is 0.366 bits per heavy atom. The van der Waals surface area contributed by atoms with Crippen molar-refractivity contribution in [2.45, 2.75) is 0 Å². The van der Waals surface area contributed by atoms with Gasteiger partial charge >= 0.3 is 0 Å². The van der Waals surface area contributed by atoms with Crippen LogP contribution in [0.15, 0.2) is 158 Å². The first-order chi connectivity index (χ1) is 23.2. The van der Waals surface area contributed by atoms with Gasteiger partial charge in [0, 0.05) is 0 Å². The molecular weight excluding hydrogens is 491 g/mol. The van der Waals surface area contributed by atoms with Crippen LogP contribution in [0.5, 0.6) is 0 Å². The number of fused-ring (bicyclic) bond motifs is 4. The van der Waals surface area contributed by atoms with E-state index in [1.54, 1.807) is 0 Å². The molecule has 0 bridgehead atoms. The van der Waals surface area contributed by atoms with Crippen molar-refractivity contribution in [2.24, 2.45) is 0 Å². The molecule has 8 aromatic carbocycles. The molecule has 0 N–H and O–H groups in total. The van der Waals surface area contributed by atoms with Crippen LogP contribution in [-0.4, -0.2) is 8.41 Å². The molecule has 0 radical (unpaired) electrons. The van der Waals surface area contributed by atoms with E-state index in [2.05, 4.69) is 24.3 Å². The lowest BCUT2D eigenvalue weighted by molar-refractivity contribution is 1.63. The second kappa shape index (κ2) is 10.1. The van der Waals surface area contributed by atoms with E-state index in [1.165, 1.54) is 0 Å². The van der Waals surface area contributed by atoms with Crippen molar-refractivity contribution in [3.8, 4) is 33.4 Å². The summed E-state index contributed by atoms with van der Waals surface area (Å²) in [7, 11) is 0. The summed E-state index contributed by atoms with van der Waals surface area (Å²) in [4.78, 5) is 0. The van der Waals surface area contributed by atoms with E-state index in [9.17, 15) is 5.48 Å². The average molecular weight is 530 g/mol. The standard InChI is InChI=1S/C40H26.BH4/c1-2-12-31-26-32(25-22-27(31)10-1)28-20-23-30(24-21-28)39-35-15-5-7-17-37(35)40(38-18-8-6-16-36(38)39)34-19-9-13-29-11-3-4-14-33(29)34;/h1-26H;1H4/q;-1/i5D,6D,7D,8D,15D,16D,17D,18D;. The van der Waals surface area contributed by atoms with Crippen LogP contribution in [0.3, 0.4) is 0 Å². The molecule has 0 heterocycles. The van der Waals surface area contributed by atoms with E-state index >= 15 is 0 Å². The molecule has 8 aromatic rings. The van der Waals surface area contributed by atoms with Gasteiger partial charge in [-0.2, -0.15) is 0 Å². The smallest absolute Gasteiger partial charge is 0.0626 e. The topological polar surface area (TPSA) is 0 Å². The summed E-state index contributed by atoms with van der Waals surface area (Å²) in [5.41, 5.74) is 3.84. The lowest BCUT2D eigenvalue weighted by Crippen LogP contribution is -1.91. The fraction of sp³-hybridized carbons (Fsp3) is 0. The van der Waals surface area contributed by atoms with Gasteiger partial charge in [-0.3, -0.25) is 0 Å². The number of hydrogen-bond donors (Lipinski definition) is 0. The molecule has 194 valence electrons. The normalized spacial score (nSPS) is 14.0. The van der Waals surface area contributed by atoms with Crippen LogP contribution in [0.1, 0.15) is 11.0 Å². The van der Waals surface area contributed by atoms with Crippen molar-refractivity contribution < 1.29 is 11.0 Å². The number of benzene rings is 8. The minimum absolute atomic E-state index is 0. The molecule has 0 spiro atoms. The van der Waals surface area contributed by atoms with Gasteiger partial charge in [-0.1, -0.05) is 160 Å². The molecule has 0 aliphatic carbocycles. The van der Waals surface area contributed by atoms with Crippen molar-refractivity contribution >= 4 is 51.5 Å². The Hall–Kier alpha value is -5.14. The summed E-state index contributed by atoms with van der Waals surface area (Å²) >= 11 is 0. The molecule has 0 nitrogen and oxygen atoms in total. The fourth-order valence-electron chi connectivity index (χ4n) is 5.82. The van der Waals surface area contributed by atoms with Crippen LogP contribution in [0, 0.1) is 0 Å². The molecule has 0 aliphatic heterocycles. The summed E-state index contributed by atoms with van der Waals surface area (Å²) in [6.45, 7) is 0. The maximum Gasteiger partial charge on any atom is 0.0629 e. The van der Waals surface area contributed by atoms with Crippen molar-refractivity contribution in [1.82, 2.24) is 0 Å². The van der Waals surface area contributed by atoms with Crippen LogP contribution >= 0.6 is 0 Å². The highest BCUT2D eigenvalue weighted by atomic mass is 14.2. The summed E-state index contributed by atoms with van der Waals surface area (Å²) in [5, 5.41) is 4.77. The highest BCUT2D eigenvalue weighted by Gasteiger charge is 2.17.